The molecule has 0 aromatic carbocycles. The Labute approximate surface area is 112 Å². The lowest BCUT2D eigenvalue weighted by Crippen LogP contribution is -2.48. The van der Waals surface area contributed by atoms with Gasteiger partial charge in [0.05, 0.1) is 0 Å². The van der Waals surface area contributed by atoms with Gasteiger partial charge in [0, 0.05) is 12.6 Å². The van der Waals surface area contributed by atoms with Crippen LogP contribution in [0.2, 0.25) is 0 Å². The van der Waals surface area contributed by atoms with Gasteiger partial charge in [-0.3, -0.25) is 0 Å². The Bertz CT molecular complexity index is 228. The van der Waals surface area contributed by atoms with E-state index in [2.05, 4.69) is 18.7 Å². The van der Waals surface area contributed by atoms with E-state index in [0.29, 0.717) is 12.5 Å². The van der Waals surface area contributed by atoms with Gasteiger partial charge in [-0.1, -0.05) is 27.7 Å². The lowest BCUT2D eigenvalue weighted by atomic mass is 10.1. The van der Waals surface area contributed by atoms with Gasteiger partial charge >= 0.3 is 0 Å². The summed E-state index contributed by atoms with van der Waals surface area (Å²) in [6.07, 6.45) is 0.890. The zero-order valence-electron chi connectivity index (χ0n) is 12.6. The molecule has 0 N–H and O–H groups in total. The summed E-state index contributed by atoms with van der Waals surface area (Å²) < 4.78 is 0. The quantitative estimate of drug-likeness (QED) is 0.633. The van der Waals surface area contributed by atoms with Crippen LogP contribution >= 0.6 is 0 Å². The first-order valence-corrected chi connectivity index (χ1v) is 7.12. The molecule has 0 aliphatic heterocycles. The molecule has 4 nitrogen and oxygen atoms in total. The Hall–Kier alpha value is -0.770. The second kappa shape index (κ2) is 9.20. The van der Waals surface area contributed by atoms with Gasteiger partial charge in [-0.05, 0) is 45.3 Å². The average molecular weight is 257 g/mol. The fraction of sp³-hybridized carbons (Fsp3) is 0.929. The van der Waals surface area contributed by atoms with Crippen LogP contribution in [-0.2, 0) is 0 Å². The van der Waals surface area contributed by atoms with Gasteiger partial charge in [-0.25, -0.2) is 0 Å². The van der Waals surface area contributed by atoms with Crippen LogP contribution in [0.25, 0.3) is 0 Å². The van der Waals surface area contributed by atoms with Crippen molar-refractivity contribution < 1.29 is 9.90 Å². The summed E-state index contributed by atoms with van der Waals surface area (Å²) >= 11 is 0. The molecule has 1 amide bonds. The molecule has 0 rings (SSSR count). The van der Waals surface area contributed by atoms with Crippen molar-refractivity contribution in [2.45, 2.75) is 53.5 Å². The second-order valence-electron chi connectivity index (χ2n) is 5.33. The van der Waals surface area contributed by atoms with Crippen LogP contribution in [0.4, 0.5) is 4.79 Å². The van der Waals surface area contributed by atoms with Crippen LogP contribution in [0.3, 0.4) is 0 Å². The van der Waals surface area contributed by atoms with E-state index in [9.17, 15) is 9.90 Å². The monoisotopic (exact) mass is 257 g/mol. The molecule has 0 aromatic rings. The topological polar surface area (TPSA) is 46.6 Å². The van der Waals surface area contributed by atoms with Crippen molar-refractivity contribution in [2.75, 3.05) is 26.2 Å². The first-order valence-electron chi connectivity index (χ1n) is 7.12. The van der Waals surface area contributed by atoms with Crippen LogP contribution < -0.4 is 5.11 Å². The maximum Gasteiger partial charge on any atom is 0.137 e. The molecule has 1 unspecified atom stereocenters. The first-order chi connectivity index (χ1) is 8.42. The molecule has 1 atom stereocenters. The lowest BCUT2D eigenvalue weighted by molar-refractivity contribution is -0.268. The number of hydrogen-bond donors (Lipinski definition) is 0. The Kier molecular flexibility index (Phi) is 8.81. The number of nitrogens with zero attached hydrogens (tertiary/aromatic N) is 2. The minimum atomic E-state index is -1.04. The molecule has 0 aromatic heterocycles. The Morgan fingerprint density at radius 2 is 1.72 bits per heavy atom. The highest BCUT2D eigenvalue weighted by molar-refractivity contribution is 5.62. The normalized spacial score (nSPS) is 13.1. The fourth-order valence-electron chi connectivity index (χ4n) is 2.13. The van der Waals surface area contributed by atoms with Crippen molar-refractivity contribution in [2.24, 2.45) is 5.92 Å². The third kappa shape index (κ3) is 6.84. The Morgan fingerprint density at radius 3 is 2.11 bits per heavy atom. The second-order valence-corrected chi connectivity index (χ2v) is 5.33. The van der Waals surface area contributed by atoms with E-state index in [-0.39, 0.29) is 6.04 Å². The average Bonchev–Trinajstić information content (AvgIpc) is 2.30. The molecule has 4 heteroatoms. The molecule has 0 saturated carbocycles. The SMILES string of the molecule is CCN(CC)CCCC(C)N(CC(C)C)C(=O)[O-]. The van der Waals surface area contributed by atoms with E-state index in [1.165, 1.54) is 4.90 Å². The summed E-state index contributed by atoms with van der Waals surface area (Å²) in [7, 11) is 0. The molecule has 0 radical (unpaired) electrons. The zero-order chi connectivity index (χ0) is 14.1. The summed E-state index contributed by atoms with van der Waals surface area (Å²) in [5, 5.41) is 11.1. The number of hydrogen-bond acceptors (Lipinski definition) is 3. The molecule has 0 bridgehead atoms. The predicted molar refractivity (Wildman–Crippen MR) is 73.4 cm³/mol. The largest absolute Gasteiger partial charge is 0.530 e. The Balaban J connectivity index is 4.10. The van der Waals surface area contributed by atoms with Crippen molar-refractivity contribution in [3.8, 4) is 0 Å². The number of carbonyl (C=O) groups excluding carboxylic acids is 1. The van der Waals surface area contributed by atoms with Crippen molar-refractivity contribution in [1.29, 1.82) is 0 Å². The van der Waals surface area contributed by atoms with Crippen molar-refractivity contribution >= 4 is 6.09 Å². The van der Waals surface area contributed by atoms with Crippen molar-refractivity contribution in [3.63, 3.8) is 0 Å². The molecule has 108 valence electrons. The highest BCUT2D eigenvalue weighted by Gasteiger charge is 2.14. The summed E-state index contributed by atoms with van der Waals surface area (Å²) in [4.78, 5) is 14.9. The molecule has 0 fully saturated rings. The maximum atomic E-state index is 11.1. The van der Waals surface area contributed by atoms with Crippen molar-refractivity contribution in [1.82, 2.24) is 9.80 Å². The molecule has 0 aliphatic carbocycles. The van der Waals surface area contributed by atoms with Gasteiger partial charge in [-0.15, -0.1) is 0 Å². The highest BCUT2D eigenvalue weighted by Crippen LogP contribution is 2.10. The van der Waals surface area contributed by atoms with E-state index in [1.807, 2.05) is 20.8 Å². The molecule has 0 aliphatic rings. The van der Waals surface area contributed by atoms with E-state index in [0.717, 1.165) is 32.5 Å². The smallest absolute Gasteiger partial charge is 0.137 e. The lowest BCUT2D eigenvalue weighted by Gasteiger charge is -2.33. The molecule has 0 spiro atoms. The molecule has 18 heavy (non-hydrogen) atoms. The molecular formula is C14H29N2O2-. The van der Waals surface area contributed by atoms with Crippen LogP contribution in [-0.4, -0.2) is 48.1 Å². The zero-order valence-corrected chi connectivity index (χ0v) is 12.6. The summed E-state index contributed by atoms with van der Waals surface area (Å²) in [6.45, 7) is 14.0. The number of carboxylic acid groups (broad SMARTS) is 1. The summed E-state index contributed by atoms with van der Waals surface area (Å²) in [5.41, 5.74) is 0. The van der Waals surface area contributed by atoms with Gasteiger partial charge in [0.1, 0.15) is 6.09 Å². The number of carbonyl (C=O) groups is 1. The van der Waals surface area contributed by atoms with Gasteiger partial charge in [0.25, 0.3) is 0 Å². The first kappa shape index (κ1) is 17.2. The number of amides is 1. The molecule has 0 saturated heterocycles. The van der Waals surface area contributed by atoms with E-state index >= 15 is 0 Å². The van der Waals surface area contributed by atoms with Crippen LogP contribution in [0, 0.1) is 5.92 Å². The minimum Gasteiger partial charge on any atom is -0.530 e. The van der Waals surface area contributed by atoms with Gasteiger partial charge in [0.2, 0.25) is 0 Å². The summed E-state index contributed by atoms with van der Waals surface area (Å²) in [5.74, 6) is 0.341. The van der Waals surface area contributed by atoms with Crippen LogP contribution in [0.5, 0.6) is 0 Å². The third-order valence-corrected chi connectivity index (χ3v) is 3.32. The van der Waals surface area contributed by atoms with Gasteiger partial charge < -0.3 is 19.7 Å². The van der Waals surface area contributed by atoms with E-state index in [1.54, 1.807) is 0 Å². The number of rotatable bonds is 9. The fourth-order valence-corrected chi connectivity index (χ4v) is 2.13. The highest BCUT2D eigenvalue weighted by atomic mass is 16.4. The van der Waals surface area contributed by atoms with Crippen LogP contribution in [0.1, 0.15) is 47.5 Å². The predicted octanol–water partition coefficient (Wildman–Crippen LogP) is 1.80. The van der Waals surface area contributed by atoms with Gasteiger partial charge in [0.15, 0.2) is 0 Å². The maximum absolute atomic E-state index is 11.1. The molecule has 0 heterocycles. The van der Waals surface area contributed by atoms with E-state index < -0.39 is 6.09 Å². The minimum absolute atomic E-state index is 0.0490. The van der Waals surface area contributed by atoms with Crippen LogP contribution in [0.15, 0.2) is 0 Å². The summed E-state index contributed by atoms with van der Waals surface area (Å²) in [6, 6.07) is 0.0490. The standard InChI is InChI=1S/C14H30N2O2/c1-6-15(7-2)10-8-9-13(5)16(14(17)18)11-12(3)4/h12-13H,6-11H2,1-5H3,(H,17,18)/p-1. The van der Waals surface area contributed by atoms with Crippen molar-refractivity contribution in [3.05, 3.63) is 0 Å². The Morgan fingerprint density at radius 1 is 1.17 bits per heavy atom. The van der Waals surface area contributed by atoms with Gasteiger partial charge in [-0.2, -0.15) is 0 Å². The third-order valence-electron chi connectivity index (χ3n) is 3.32. The molecular weight excluding hydrogens is 228 g/mol. The van der Waals surface area contributed by atoms with E-state index in [4.69, 9.17) is 0 Å².